The van der Waals surface area contributed by atoms with Gasteiger partial charge in [0.15, 0.2) is 0 Å². The third-order valence-electron chi connectivity index (χ3n) is 6.31. The van der Waals surface area contributed by atoms with Gasteiger partial charge in [-0.2, -0.15) is 0 Å². The summed E-state index contributed by atoms with van der Waals surface area (Å²) in [6.07, 6.45) is 0. The van der Waals surface area contributed by atoms with E-state index in [1.54, 1.807) is 38.5 Å². The first kappa shape index (κ1) is 29.9. The van der Waals surface area contributed by atoms with E-state index in [4.69, 9.17) is 28.4 Å². The van der Waals surface area contributed by atoms with E-state index in [0.29, 0.717) is 104 Å². The van der Waals surface area contributed by atoms with Crippen molar-refractivity contribution in [3.8, 4) is 23.0 Å². The summed E-state index contributed by atoms with van der Waals surface area (Å²) in [5, 5.41) is 20.6. The summed E-state index contributed by atoms with van der Waals surface area (Å²) in [5.41, 5.74) is 1.59. The summed E-state index contributed by atoms with van der Waals surface area (Å²) >= 11 is 0. The first-order chi connectivity index (χ1) is 18.6. The maximum atomic E-state index is 10.3. The molecule has 1 aliphatic rings. The number of ether oxygens (including phenoxy) is 6. The molecule has 0 aromatic heterocycles. The average molecular weight is 535 g/mol. The predicted molar refractivity (Wildman–Crippen MR) is 143 cm³/mol. The molecular formula is C28H42N2O8. The molecule has 0 unspecified atom stereocenters. The Labute approximate surface area is 225 Å². The van der Waals surface area contributed by atoms with Crippen molar-refractivity contribution in [2.24, 2.45) is 0 Å². The van der Waals surface area contributed by atoms with E-state index >= 15 is 0 Å². The smallest absolute Gasteiger partial charge is 0.120 e. The van der Waals surface area contributed by atoms with E-state index in [1.807, 2.05) is 12.1 Å². The van der Waals surface area contributed by atoms with Gasteiger partial charge >= 0.3 is 0 Å². The van der Waals surface area contributed by atoms with Gasteiger partial charge < -0.3 is 38.6 Å². The molecule has 1 fully saturated rings. The maximum absolute atomic E-state index is 10.3. The summed E-state index contributed by atoms with van der Waals surface area (Å²) in [6, 6.07) is 10.5. The zero-order valence-corrected chi connectivity index (χ0v) is 22.6. The van der Waals surface area contributed by atoms with Crippen molar-refractivity contribution in [3.63, 3.8) is 0 Å². The first-order valence-electron chi connectivity index (χ1n) is 13.1. The van der Waals surface area contributed by atoms with Crippen molar-refractivity contribution in [1.82, 2.24) is 9.80 Å². The molecule has 1 saturated heterocycles. The lowest BCUT2D eigenvalue weighted by atomic mass is 10.1. The number of methoxy groups -OCH3 is 2. The fourth-order valence-corrected chi connectivity index (χ4v) is 4.07. The van der Waals surface area contributed by atoms with E-state index in [0.717, 1.165) is 11.1 Å². The van der Waals surface area contributed by atoms with Gasteiger partial charge in [0.25, 0.3) is 0 Å². The molecule has 1 aliphatic heterocycles. The molecule has 0 bridgehead atoms. The molecule has 0 amide bonds. The van der Waals surface area contributed by atoms with E-state index < -0.39 is 0 Å². The Hall–Kier alpha value is -2.60. The fourth-order valence-electron chi connectivity index (χ4n) is 4.07. The summed E-state index contributed by atoms with van der Waals surface area (Å²) in [6.45, 7) is 8.01. The number of hydrogen-bond acceptors (Lipinski definition) is 10. The van der Waals surface area contributed by atoms with Gasteiger partial charge in [0.1, 0.15) is 23.0 Å². The topological polar surface area (TPSA) is 102 Å². The van der Waals surface area contributed by atoms with E-state index in [9.17, 15) is 10.2 Å². The molecule has 10 heteroatoms. The minimum atomic E-state index is 0.240. The van der Waals surface area contributed by atoms with Crippen molar-refractivity contribution in [2.45, 2.75) is 13.1 Å². The van der Waals surface area contributed by atoms with Crippen LogP contribution in [0.4, 0.5) is 0 Å². The van der Waals surface area contributed by atoms with Crippen LogP contribution in [0.5, 0.6) is 23.0 Å². The highest BCUT2D eigenvalue weighted by Crippen LogP contribution is 2.25. The molecule has 212 valence electrons. The highest BCUT2D eigenvalue weighted by Gasteiger charge is 2.13. The second kappa shape index (κ2) is 17.1. The average Bonchev–Trinajstić information content (AvgIpc) is 2.92. The molecule has 10 nitrogen and oxygen atoms in total. The Kier molecular flexibility index (Phi) is 13.5. The molecule has 0 atom stereocenters. The number of rotatable bonds is 6. The molecule has 2 aromatic rings. The lowest BCUT2D eigenvalue weighted by molar-refractivity contribution is 0.00610. The van der Waals surface area contributed by atoms with Gasteiger partial charge in [-0.3, -0.25) is 9.80 Å². The molecule has 3 rings (SSSR count). The SMILES string of the molecule is COc1ccc(O)c(CN2CCOCCOCCN(Cc3cc(OC)ccc3O)CCOCCOCC2)c1. The second-order valence-electron chi connectivity index (χ2n) is 8.99. The number of hydrogen-bond donors (Lipinski definition) is 2. The number of phenolic OH excluding ortho intramolecular Hbond substituents is 2. The van der Waals surface area contributed by atoms with Crippen LogP contribution in [-0.4, -0.2) is 113 Å². The van der Waals surface area contributed by atoms with Crippen LogP contribution in [0.25, 0.3) is 0 Å². The van der Waals surface area contributed by atoms with Gasteiger partial charge in [0.2, 0.25) is 0 Å². The van der Waals surface area contributed by atoms with Crippen LogP contribution in [0.3, 0.4) is 0 Å². The zero-order chi connectivity index (χ0) is 27.0. The third-order valence-corrected chi connectivity index (χ3v) is 6.31. The Balaban J connectivity index is 1.50. The van der Waals surface area contributed by atoms with Gasteiger partial charge in [0.05, 0.1) is 67.1 Å². The van der Waals surface area contributed by atoms with Crippen molar-refractivity contribution in [2.75, 3.05) is 93.3 Å². The van der Waals surface area contributed by atoms with E-state index in [1.165, 1.54) is 0 Å². The molecule has 38 heavy (non-hydrogen) atoms. The lowest BCUT2D eigenvalue weighted by Crippen LogP contribution is -2.32. The van der Waals surface area contributed by atoms with Crippen LogP contribution in [0, 0.1) is 0 Å². The van der Waals surface area contributed by atoms with Crippen LogP contribution in [0.1, 0.15) is 11.1 Å². The Bertz CT molecular complexity index is 850. The van der Waals surface area contributed by atoms with E-state index in [-0.39, 0.29) is 11.5 Å². The van der Waals surface area contributed by atoms with Gasteiger partial charge in [-0.05, 0) is 36.4 Å². The van der Waals surface area contributed by atoms with Crippen LogP contribution < -0.4 is 9.47 Å². The fraction of sp³-hybridized carbons (Fsp3) is 0.571. The van der Waals surface area contributed by atoms with Crippen molar-refractivity contribution in [1.29, 1.82) is 0 Å². The van der Waals surface area contributed by atoms with Crippen LogP contribution in [0.15, 0.2) is 36.4 Å². The maximum Gasteiger partial charge on any atom is 0.120 e. The van der Waals surface area contributed by atoms with Crippen molar-refractivity contribution >= 4 is 0 Å². The van der Waals surface area contributed by atoms with Crippen molar-refractivity contribution < 1.29 is 38.6 Å². The van der Waals surface area contributed by atoms with Crippen LogP contribution >= 0.6 is 0 Å². The minimum absolute atomic E-state index is 0.240. The van der Waals surface area contributed by atoms with Gasteiger partial charge in [-0.25, -0.2) is 0 Å². The van der Waals surface area contributed by atoms with Gasteiger partial charge in [-0.15, -0.1) is 0 Å². The summed E-state index contributed by atoms with van der Waals surface area (Å²) < 4.78 is 33.8. The standard InChI is InChI=1S/C28H42N2O8/c1-33-25-3-5-27(31)23(19-25)21-29-7-11-35-15-17-37-13-9-30(10-14-38-18-16-36-12-8-29)22-24-20-26(34-2)4-6-28(24)32/h3-6,19-20,31-32H,7-18,21-22H2,1-2H3. The third kappa shape index (κ3) is 10.6. The zero-order valence-electron chi connectivity index (χ0n) is 22.6. The highest BCUT2D eigenvalue weighted by atomic mass is 16.5. The quantitative estimate of drug-likeness (QED) is 0.575. The molecule has 0 radical (unpaired) electrons. The number of phenols is 2. The number of benzene rings is 2. The first-order valence-corrected chi connectivity index (χ1v) is 13.1. The summed E-state index contributed by atoms with van der Waals surface area (Å²) in [5.74, 6) is 1.90. The Morgan fingerprint density at radius 3 is 1.24 bits per heavy atom. The largest absolute Gasteiger partial charge is 0.508 e. The second-order valence-corrected chi connectivity index (χ2v) is 8.99. The molecular weight excluding hydrogens is 492 g/mol. The summed E-state index contributed by atoms with van der Waals surface area (Å²) in [4.78, 5) is 4.37. The van der Waals surface area contributed by atoms with Gasteiger partial charge in [-0.1, -0.05) is 0 Å². The predicted octanol–water partition coefficient (Wildman–Crippen LogP) is 2.50. The Morgan fingerprint density at radius 2 is 0.921 bits per heavy atom. The minimum Gasteiger partial charge on any atom is -0.508 e. The van der Waals surface area contributed by atoms with Gasteiger partial charge in [0, 0.05) is 50.4 Å². The van der Waals surface area contributed by atoms with Crippen LogP contribution in [-0.2, 0) is 32.0 Å². The lowest BCUT2D eigenvalue weighted by Gasteiger charge is -2.24. The number of aromatic hydroxyl groups is 2. The highest BCUT2D eigenvalue weighted by molar-refractivity contribution is 5.40. The molecule has 2 N–H and O–H groups in total. The van der Waals surface area contributed by atoms with Crippen LogP contribution in [0.2, 0.25) is 0 Å². The molecule has 2 aromatic carbocycles. The summed E-state index contributed by atoms with van der Waals surface area (Å²) in [7, 11) is 3.23. The monoisotopic (exact) mass is 534 g/mol. The molecule has 0 saturated carbocycles. The molecule has 0 spiro atoms. The Morgan fingerprint density at radius 1 is 0.579 bits per heavy atom. The molecule has 0 aliphatic carbocycles. The molecule has 1 heterocycles. The normalized spacial score (nSPS) is 18.4. The van der Waals surface area contributed by atoms with E-state index in [2.05, 4.69) is 9.80 Å². The number of nitrogens with zero attached hydrogens (tertiary/aromatic N) is 2. The van der Waals surface area contributed by atoms with Crippen molar-refractivity contribution in [3.05, 3.63) is 47.5 Å².